The van der Waals surface area contributed by atoms with Crippen LogP contribution in [-0.2, 0) is 0 Å². The Morgan fingerprint density at radius 2 is 1.89 bits per heavy atom. The summed E-state index contributed by atoms with van der Waals surface area (Å²) in [5, 5.41) is 5.09. The number of benzene rings is 1. The topological polar surface area (TPSA) is 80.0 Å². The number of urea groups is 1. The number of fused-ring (bicyclic) bond motifs is 1. The molecule has 1 aromatic carbocycles. The average Bonchev–Trinajstić information content (AvgIpc) is 2.81. The standard InChI is InChI=1S/C13H10N4O2/c18-12(16-11-7-3-4-8-14-11)17-13-15-9-5-1-2-6-10(9)19-13/h1-8H,(H2,14,15,16,17,18). The second-order valence-electron chi connectivity index (χ2n) is 3.78. The van der Waals surface area contributed by atoms with Crippen molar-refractivity contribution in [2.24, 2.45) is 0 Å². The number of oxazole rings is 1. The highest BCUT2D eigenvalue weighted by molar-refractivity contribution is 5.98. The van der Waals surface area contributed by atoms with E-state index in [0.29, 0.717) is 16.9 Å². The number of carbonyl (C=O) groups is 1. The van der Waals surface area contributed by atoms with Gasteiger partial charge in [0.15, 0.2) is 5.58 Å². The molecule has 0 fully saturated rings. The second-order valence-corrected chi connectivity index (χ2v) is 3.78. The first-order valence-electron chi connectivity index (χ1n) is 5.66. The Morgan fingerprint density at radius 3 is 2.68 bits per heavy atom. The molecule has 6 nitrogen and oxygen atoms in total. The van der Waals surface area contributed by atoms with Gasteiger partial charge in [0.1, 0.15) is 11.3 Å². The first-order chi connectivity index (χ1) is 9.31. The molecule has 2 amide bonds. The van der Waals surface area contributed by atoms with Gasteiger partial charge in [-0.15, -0.1) is 0 Å². The van der Waals surface area contributed by atoms with Crippen LogP contribution in [0.1, 0.15) is 0 Å². The quantitative estimate of drug-likeness (QED) is 0.736. The number of amides is 2. The summed E-state index contributed by atoms with van der Waals surface area (Å²) in [4.78, 5) is 19.8. The van der Waals surface area contributed by atoms with Crippen molar-refractivity contribution >= 4 is 29.0 Å². The van der Waals surface area contributed by atoms with Crippen molar-refractivity contribution in [3.63, 3.8) is 0 Å². The van der Waals surface area contributed by atoms with Crippen molar-refractivity contribution in [3.8, 4) is 0 Å². The minimum absolute atomic E-state index is 0.148. The van der Waals surface area contributed by atoms with Crippen LogP contribution in [0, 0.1) is 0 Å². The summed E-state index contributed by atoms with van der Waals surface area (Å²) in [6.07, 6.45) is 1.59. The van der Waals surface area contributed by atoms with Gasteiger partial charge in [-0.05, 0) is 24.3 Å². The predicted octanol–water partition coefficient (Wildman–Crippen LogP) is 2.87. The molecule has 2 N–H and O–H groups in total. The molecule has 0 atom stereocenters. The molecule has 0 aliphatic heterocycles. The maximum atomic E-state index is 11.7. The SMILES string of the molecule is O=C(Nc1ccccn1)Nc1nc2ccccc2o1. The van der Waals surface area contributed by atoms with Crippen molar-refractivity contribution in [3.05, 3.63) is 48.7 Å². The van der Waals surface area contributed by atoms with Gasteiger partial charge in [0.25, 0.3) is 0 Å². The normalized spacial score (nSPS) is 10.3. The number of pyridine rings is 1. The third-order valence-corrected chi connectivity index (χ3v) is 2.42. The zero-order valence-electron chi connectivity index (χ0n) is 9.83. The molecule has 0 aliphatic rings. The molecule has 3 rings (SSSR count). The number of rotatable bonds is 2. The molecule has 0 radical (unpaired) electrons. The van der Waals surface area contributed by atoms with Crippen LogP contribution in [0.2, 0.25) is 0 Å². The van der Waals surface area contributed by atoms with Gasteiger partial charge in [-0.1, -0.05) is 18.2 Å². The molecule has 19 heavy (non-hydrogen) atoms. The number of hydrogen-bond donors (Lipinski definition) is 2. The maximum absolute atomic E-state index is 11.7. The largest absolute Gasteiger partial charge is 0.423 e. The highest BCUT2D eigenvalue weighted by atomic mass is 16.4. The van der Waals surface area contributed by atoms with Crippen molar-refractivity contribution in [1.29, 1.82) is 0 Å². The third kappa shape index (κ3) is 2.52. The number of carbonyl (C=O) groups excluding carboxylic acids is 1. The van der Waals surface area contributed by atoms with E-state index in [1.165, 1.54) is 0 Å². The van der Waals surface area contributed by atoms with Gasteiger partial charge in [0.2, 0.25) is 0 Å². The van der Waals surface area contributed by atoms with E-state index >= 15 is 0 Å². The zero-order valence-corrected chi connectivity index (χ0v) is 9.83. The molecule has 6 heteroatoms. The lowest BCUT2D eigenvalue weighted by Gasteiger charge is -2.02. The van der Waals surface area contributed by atoms with E-state index < -0.39 is 6.03 Å². The Hall–Kier alpha value is -2.89. The van der Waals surface area contributed by atoms with Crippen LogP contribution < -0.4 is 10.6 Å². The fourth-order valence-electron chi connectivity index (χ4n) is 1.61. The first-order valence-corrected chi connectivity index (χ1v) is 5.66. The average molecular weight is 254 g/mol. The van der Waals surface area contributed by atoms with Crippen LogP contribution >= 0.6 is 0 Å². The minimum Gasteiger partial charge on any atom is -0.423 e. The minimum atomic E-state index is -0.453. The highest BCUT2D eigenvalue weighted by Crippen LogP contribution is 2.18. The van der Waals surface area contributed by atoms with Crippen LogP contribution in [-0.4, -0.2) is 16.0 Å². The van der Waals surface area contributed by atoms with Crippen LogP contribution in [0.5, 0.6) is 0 Å². The van der Waals surface area contributed by atoms with Crippen molar-refractivity contribution in [2.75, 3.05) is 10.6 Å². The van der Waals surface area contributed by atoms with Gasteiger partial charge in [0.05, 0.1) is 0 Å². The molecule has 94 valence electrons. The molecular weight excluding hydrogens is 244 g/mol. The van der Waals surface area contributed by atoms with Gasteiger partial charge in [0, 0.05) is 6.20 Å². The van der Waals surface area contributed by atoms with Crippen molar-refractivity contribution in [1.82, 2.24) is 9.97 Å². The summed E-state index contributed by atoms with van der Waals surface area (Å²) >= 11 is 0. The number of nitrogens with one attached hydrogen (secondary N) is 2. The smallest absolute Gasteiger partial charge is 0.328 e. The van der Waals surface area contributed by atoms with Gasteiger partial charge >= 0.3 is 12.0 Å². The summed E-state index contributed by atoms with van der Waals surface area (Å²) in [5.74, 6) is 0.455. The predicted molar refractivity (Wildman–Crippen MR) is 70.9 cm³/mol. The Bertz CT molecular complexity index is 676. The van der Waals surface area contributed by atoms with Crippen LogP contribution in [0.4, 0.5) is 16.6 Å². The van der Waals surface area contributed by atoms with E-state index in [4.69, 9.17) is 4.42 Å². The Balaban J connectivity index is 1.72. The first kappa shape index (κ1) is 11.2. The summed E-state index contributed by atoms with van der Waals surface area (Å²) in [7, 11) is 0. The van der Waals surface area contributed by atoms with Gasteiger partial charge in [-0.25, -0.2) is 9.78 Å². The second kappa shape index (κ2) is 4.77. The van der Waals surface area contributed by atoms with E-state index in [1.54, 1.807) is 36.5 Å². The highest BCUT2D eigenvalue weighted by Gasteiger charge is 2.09. The lowest BCUT2D eigenvalue weighted by atomic mass is 10.3. The molecular formula is C13H10N4O2. The number of anilines is 2. The van der Waals surface area contributed by atoms with Crippen LogP contribution in [0.3, 0.4) is 0 Å². The summed E-state index contributed by atoms with van der Waals surface area (Å²) < 4.78 is 5.37. The van der Waals surface area contributed by atoms with E-state index in [1.807, 2.05) is 12.1 Å². The maximum Gasteiger partial charge on any atom is 0.328 e. The fraction of sp³-hybridized carbons (Fsp3) is 0. The molecule has 0 unspecified atom stereocenters. The van der Waals surface area contributed by atoms with Crippen molar-refractivity contribution < 1.29 is 9.21 Å². The molecule has 0 saturated carbocycles. The van der Waals surface area contributed by atoms with E-state index in [0.717, 1.165) is 0 Å². The molecule has 3 aromatic rings. The molecule has 2 heterocycles. The Labute approximate surface area is 108 Å². The zero-order chi connectivity index (χ0) is 13.1. The van der Waals surface area contributed by atoms with E-state index in [2.05, 4.69) is 20.6 Å². The van der Waals surface area contributed by atoms with Crippen LogP contribution in [0.25, 0.3) is 11.1 Å². The van der Waals surface area contributed by atoms with Crippen molar-refractivity contribution in [2.45, 2.75) is 0 Å². The van der Waals surface area contributed by atoms with Gasteiger partial charge in [-0.2, -0.15) is 4.98 Å². The molecule has 0 bridgehead atoms. The van der Waals surface area contributed by atoms with Gasteiger partial charge < -0.3 is 4.42 Å². The van der Waals surface area contributed by atoms with Crippen LogP contribution in [0.15, 0.2) is 53.1 Å². The lowest BCUT2D eigenvalue weighted by molar-refractivity contribution is 0.261. The number of aromatic nitrogens is 2. The Morgan fingerprint density at radius 1 is 1.05 bits per heavy atom. The number of nitrogens with zero attached hydrogens (tertiary/aromatic N) is 2. The monoisotopic (exact) mass is 254 g/mol. The van der Waals surface area contributed by atoms with Gasteiger partial charge in [-0.3, -0.25) is 10.6 Å². The lowest BCUT2D eigenvalue weighted by Crippen LogP contribution is -2.20. The summed E-state index contributed by atoms with van der Waals surface area (Å²) in [6, 6.07) is 12.2. The number of para-hydroxylation sites is 2. The fourth-order valence-corrected chi connectivity index (χ4v) is 1.61. The van der Waals surface area contributed by atoms with E-state index in [9.17, 15) is 4.79 Å². The Kier molecular flexibility index (Phi) is 2.82. The molecule has 0 saturated heterocycles. The molecule has 0 spiro atoms. The molecule has 2 aromatic heterocycles. The molecule has 0 aliphatic carbocycles. The third-order valence-electron chi connectivity index (χ3n) is 2.42. The number of hydrogen-bond acceptors (Lipinski definition) is 4. The summed E-state index contributed by atoms with van der Waals surface area (Å²) in [6.45, 7) is 0. The van der Waals surface area contributed by atoms with E-state index in [-0.39, 0.29) is 6.01 Å². The summed E-state index contributed by atoms with van der Waals surface area (Å²) in [5.41, 5.74) is 1.31.